The first-order chi connectivity index (χ1) is 33.4. The quantitative estimate of drug-likeness (QED) is 0.0950. The summed E-state index contributed by atoms with van der Waals surface area (Å²) in [6.07, 6.45) is 10.1. The number of allylic oxidation sites excluding steroid dienone is 1. The molecule has 6 N–H and O–H groups in total. The Kier molecular flexibility index (Phi) is 10.2. The zero-order valence-corrected chi connectivity index (χ0v) is 40.4. The Morgan fingerprint density at radius 1 is 0.652 bits per heavy atom. The van der Waals surface area contributed by atoms with Crippen LogP contribution in [0.4, 0.5) is 11.6 Å². The number of nitrogens with zero attached hydrogens (tertiary/aromatic N) is 7. The average molecular weight is 1060 g/mol. The minimum Gasteiger partial charge on any atom is -0.383 e. The third kappa shape index (κ3) is 7.68. The van der Waals surface area contributed by atoms with Crippen molar-refractivity contribution in [2.24, 2.45) is 0 Å². The Hall–Kier alpha value is -7.41. The highest BCUT2D eigenvalue weighted by atomic mass is 79.9. The number of aromatic amines is 2. The van der Waals surface area contributed by atoms with E-state index in [0.717, 1.165) is 77.4 Å². The maximum Gasteiger partial charge on any atom is 0.268 e. The van der Waals surface area contributed by atoms with Crippen LogP contribution in [0, 0.1) is 0 Å². The van der Waals surface area contributed by atoms with Gasteiger partial charge in [-0.1, -0.05) is 62.2 Å². The molecule has 3 aliphatic carbocycles. The second-order valence-electron chi connectivity index (χ2n) is 17.6. The smallest absolute Gasteiger partial charge is 0.268 e. The minimum absolute atomic E-state index is 0.0312. The summed E-state index contributed by atoms with van der Waals surface area (Å²) in [7, 11) is -4.11. The van der Waals surface area contributed by atoms with Gasteiger partial charge in [-0.2, -0.15) is 10.2 Å². The number of aromatic nitrogens is 9. The summed E-state index contributed by atoms with van der Waals surface area (Å²) in [6.45, 7) is 0. The van der Waals surface area contributed by atoms with Crippen LogP contribution in [0.3, 0.4) is 0 Å². The molecule has 69 heavy (non-hydrogen) atoms. The molecular weight excluding hydrogens is 1020 g/mol. The summed E-state index contributed by atoms with van der Waals surface area (Å²) >= 11 is 6.91. The molecule has 0 atom stereocenters. The lowest BCUT2D eigenvalue weighted by Crippen LogP contribution is -2.19. The Balaban J connectivity index is 0.000000148. The molecule has 18 heteroatoms. The van der Waals surface area contributed by atoms with E-state index in [1.54, 1.807) is 53.3 Å². The number of H-pyrrole nitrogens is 2. The molecule has 342 valence electrons. The zero-order chi connectivity index (χ0) is 47.3. The molecule has 0 spiro atoms. The molecule has 3 aliphatic rings. The lowest BCUT2D eigenvalue weighted by atomic mass is 10.0. The number of hydrogen-bond donors (Lipinski definition) is 4. The summed E-state index contributed by atoms with van der Waals surface area (Å²) in [6, 6.07) is 32.3. The number of benzene rings is 5. The maximum atomic E-state index is 13.9. The van der Waals surface area contributed by atoms with Crippen LogP contribution in [-0.4, -0.2) is 63.5 Å². The number of nitrogens with two attached hydrogens (primary N) is 2. The van der Waals surface area contributed by atoms with Gasteiger partial charge in [0.05, 0.1) is 67.4 Å². The standard InChI is InChI=1S/C28H21BrN6O3S.C23H18BrN5O/c29-18-9-8-17-12-25(35(24(17)13-18)39(37,38)20-4-2-1-3-5-20)26(36)21-15-31-34(27(21)30)19-10-11-22-23(14-19)33-28(32-22)16-6-7-16;24-16-4-3-13-7-15(8-14(13)9-16)21(30)18-11-26-29(22(18)25)17-5-6-19-20(10-17)28-23(27-19)12-1-2-12/h1-5,8-16H,6-7,30H2,(H,32,33);3-7,9-12H,1-2,8,25H2,(H,27,28). The first-order valence-corrected chi connectivity index (χ1v) is 25.3. The number of fused-ring (bicyclic) bond motifs is 4. The number of Topliss-reactive ketones (excluding diaryl/α,β-unsaturated/α-hetero) is 1. The topological polar surface area (TPSA) is 218 Å². The van der Waals surface area contributed by atoms with E-state index in [2.05, 4.69) is 68.1 Å². The SMILES string of the molecule is Nc1c(C(=O)C2=Cc3ccc(Br)cc3C2)cnn1-c1ccc2nc(C3CC3)[nH]c2c1.Nc1c(C(=O)c2cc3ccc(Br)cc3n2S(=O)(=O)c2ccccc2)cnn1-c1ccc2nc(C3CC3)[nH]c2c1. The molecule has 2 fully saturated rings. The van der Waals surface area contributed by atoms with Crippen LogP contribution in [0.1, 0.15) is 86.7 Å². The van der Waals surface area contributed by atoms with Gasteiger partial charge in [0.2, 0.25) is 5.78 Å². The first kappa shape index (κ1) is 42.9. The normalized spacial score (nSPS) is 14.6. The molecule has 0 saturated heterocycles. The zero-order valence-electron chi connectivity index (χ0n) is 36.4. The van der Waals surface area contributed by atoms with Gasteiger partial charge in [-0.25, -0.2) is 31.7 Å². The van der Waals surface area contributed by atoms with Gasteiger partial charge in [-0.15, -0.1) is 0 Å². The third-order valence-electron chi connectivity index (χ3n) is 12.8. The summed E-state index contributed by atoms with van der Waals surface area (Å²) < 4.78 is 33.5. The Morgan fingerprint density at radius 2 is 1.22 bits per heavy atom. The number of ketones is 2. The Labute approximate surface area is 410 Å². The number of carbonyl (C=O) groups excluding carboxylic acids is 2. The monoisotopic (exact) mass is 1060 g/mol. The van der Waals surface area contributed by atoms with Gasteiger partial charge in [0, 0.05) is 38.2 Å². The molecule has 15 nitrogen and oxygen atoms in total. The number of anilines is 2. The van der Waals surface area contributed by atoms with Gasteiger partial charge in [-0.05, 0) is 122 Å². The highest BCUT2D eigenvalue weighted by Crippen LogP contribution is 2.41. The van der Waals surface area contributed by atoms with Crippen LogP contribution >= 0.6 is 31.9 Å². The number of carbonyl (C=O) groups is 2. The molecule has 0 bridgehead atoms. The van der Waals surface area contributed by atoms with Gasteiger partial charge in [0.1, 0.15) is 29.0 Å². The van der Waals surface area contributed by atoms with Crippen molar-refractivity contribution in [2.75, 3.05) is 11.5 Å². The van der Waals surface area contributed by atoms with Gasteiger partial charge >= 0.3 is 0 Å². The lowest BCUT2D eigenvalue weighted by Gasteiger charge is -2.12. The van der Waals surface area contributed by atoms with Crippen molar-refractivity contribution in [1.82, 2.24) is 43.5 Å². The van der Waals surface area contributed by atoms with E-state index in [4.69, 9.17) is 11.5 Å². The number of imidazole rings is 2. The van der Waals surface area contributed by atoms with Crippen LogP contribution in [0.15, 0.2) is 141 Å². The van der Waals surface area contributed by atoms with Gasteiger partial charge in [0.15, 0.2) is 5.78 Å². The van der Waals surface area contributed by atoms with Crippen molar-refractivity contribution < 1.29 is 18.0 Å². The molecule has 2 saturated carbocycles. The van der Waals surface area contributed by atoms with Crippen LogP contribution in [0.2, 0.25) is 0 Å². The van der Waals surface area contributed by atoms with Crippen LogP contribution in [0.5, 0.6) is 0 Å². The van der Waals surface area contributed by atoms with E-state index in [9.17, 15) is 18.0 Å². The second kappa shape index (κ2) is 16.4. The second-order valence-corrected chi connectivity index (χ2v) is 21.2. The van der Waals surface area contributed by atoms with Crippen molar-refractivity contribution in [3.8, 4) is 11.4 Å². The molecule has 5 aromatic heterocycles. The summed E-state index contributed by atoms with van der Waals surface area (Å²) in [5, 5.41) is 9.39. The molecule has 5 aromatic carbocycles. The first-order valence-electron chi connectivity index (χ1n) is 22.2. The fraction of sp³-hybridized carbons (Fsp3) is 0.137. The highest BCUT2D eigenvalue weighted by molar-refractivity contribution is 9.10. The average Bonchev–Trinajstić information content (AvgIpc) is 4.02. The number of nitrogens with one attached hydrogen (secondary N) is 2. The van der Waals surface area contributed by atoms with Crippen molar-refractivity contribution >= 4 is 104 Å². The molecular formula is C51H39Br2N11O4S. The lowest BCUT2D eigenvalue weighted by molar-refractivity contribution is 0.102. The fourth-order valence-corrected chi connectivity index (χ4v) is 11.2. The molecule has 13 rings (SSSR count). The van der Waals surface area contributed by atoms with Crippen LogP contribution < -0.4 is 11.5 Å². The van der Waals surface area contributed by atoms with Crippen molar-refractivity contribution in [2.45, 2.75) is 48.8 Å². The van der Waals surface area contributed by atoms with E-state index < -0.39 is 15.8 Å². The van der Waals surface area contributed by atoms with Crippen LogP contribution in [-0.2, 0) is 16.4 Å². The maximum absolute atomic E-state index is 13.9. The van der Waals surface area contributed by atoms with E-state index >= 15 is 0 Å². The summed E-state index contributed by atoms with van der Waals surface area (Å²) in [4.78, 5) is 43.2. The number of hydrogen-bond acceptors (Lipinski definition) is 10. The van der Waals surface area contributed by atoms with Crippen molar-refractivity contribution in [3.05, 3.63) is 176 Å². The summed E-state index contributed by atoms with van der Waals surface area (Å²) in [5.74, 6) is 2.89. The van der Waals surface area contributed by atoms with E-state index in [0.29, 0.717) is 50.7 Å². The Morgan fingerprint density at radius 3 is 1.81 bits per heavy atom. The Bertz CT molecular complexity index is 3910. The fourth-order valence-electron chi connectivity index (χ4n) is 8.91. The molecule has 0 amide bonds. The molecule has 0 radical (unpaired) electrons. The van der Waals surface area contributed by atoms with E-state index in [1.165, 1.54) is 35.9 Å². The predicted octanol–water partition coefficient (Wildman–Crippen LogP) is 10.2. The number of halogens is 2. The van der Waals surface area contributed by atoms with E-state index in [1.807, 2.05) is 54.6 Å². The summed E-state index contributed by atoms with van der Waals surface area (Å²) in [5.41, 5.74) is 21.7. The molecule has 0 aliphatic heterocycles. The third-order valence-corrected chi connectivity index (χ3v) is 15.6. The highest BCUT2D eigenvalue weighted by Gasteiger charge is 2.31. The predicted molar refractivity (Wildman–Crippen MR) is 271 cm³/mol. The number of nitrogen functional groups attached to an aromatic ring is 2. The largest absolute Gasteiger partial charge is 0.383 e. The number of rotatable bonds is 10. The molecule has 0 unspecified atom stereocenters. The van der Waals surface area contributed by atoms with E-state index in [-0.39, 0.29) is 27.8 Å². The minimum atomic E-state index is -4.11. The van der Waals surface area contributed by atoms with Crippen LogP contribution in [0.25, 0.3) is 50.4 Å². The molecule has 5 heterocycles. The van der Waals surface area contributed by atoms with Crippen molar-refractivity contribution in [3.63, 3.8) is 0 Å². The van der Waals surface area contributed by atoms with Gasteiger partial charge < -0.3 is 21.4 Å². The van der Waals surface area contributed by atoms with Crippen molar-refractivity contribution in [1.29, 1.82) is 0 Å². The van der Waals surface area contributed by atoms with Gasteiger partial charge in [0.25, 0.3) is 10.0 Å². The van der Waals surface area contributed by atoms with Gasteiger partial charge in [-0.3, -0.25) is 9.59 Å². The molecule has 10 aromatic rings.